The highest BCUT2D eigenvalue weighted by Crippen LogP contribution is 2.32. The SMILES string of the molecule is CCCN(c1cc(CNCC)c(Cl)cn1)C1CC1. The van der Waals surface area contributed by atoms with E-state index in [2.05, 4.69) is 35.1 Å². The molecular weight excluding hydrogens is 246 g/mol. The number of pyridine rings is 1. The number of nitrogens with one attached hydrogen (secondary N) is 1. The monoisotopic (exact) mass is 267 g/mol. The van der Waals surface area contributed by atoms with Crippen molar-refractivity contribution < 1.29 is 0 Å². The average molecular weight is 268 g/mol. The minimum absolute atomic E-state index is 0.700. The number of hydrogen-bond acceptors (Lipinski definition) is 3. The standard InChI is InChI=1S/C14H22ClN3/c1-3-7-18(12-5-6-12)14-8-11(9-16-4-2)13(15)10-17-14/h8,10,12,16H,3-7,9H2,1-2H3. The molecule has 0 spiro atoms. The van der Waals surface area contributed by atoms with Crippen LogP contribution in [0.1, 0.15) is 38.7 Å². The third-order valence-electron chi connectivity index (χ3n) is 3.23. The Balaban J connectivity index is 2.15. The van der Waals surface area contributed by atoms with E-state index in [1.807, 2.05) is 0 Å². The van der Waals surface area contributed by atoms with Crippen molar-refractivity contribution in [1.82, 2.24) is 10.3 Å². The molecule has 18 heavy (non-hydrogen) atoms. The molecule has 0 amide bonds. The molecule has 4 heteroatoms. The number of hydrogen-bond donors (Lipinski definition) is 1. The van der Waals surface area contributed by atoms with Gasteiger partial charge in [-0.15, -0.1) is 0 Å². The fraction of sp³-hybridized carbons (Fsp3) is 0.643. The van der Waals surface area contributed by atoms with E-state index in [-0.39, 0.29) is 0 Å². The third-order valence-corrected chi connectivity index (χ3v) is 3.57. The Labute approximate surface area is 115 Å². The molecule has 1 aliphatic carbocycles. The molecule has 3 nitrogen and oxygen atoms in total. The second kappa shape index (κ2) is 6.39. The number of halogens is 1. The fourth-order valence-electron chi connectivity index (χ4n) is 2.13. The molecule has 1 N–H and O–H groups in total. The molecule has 1 aromatic heterocycles. The average Bonchev–Trinajstić information content (AvgIpc) is 3.19. The molecule has 0 radical (unpaired) electrons. The predicted octanol–water partition coefficient (Wildman–Crippen LogP) is 3.22. The summed E-state index contributed by atoms with van der Waals surface area (Å²) in [5.41, 5.74) is 1.14. The second-order valence-corrected chi connectivity index (χ2v) is 5.25. The van der Waals surface area contributed by atoms with Gasteiger partial charge in [-0.1, -0.05) is 25.4 Å². The van der Waals surface area contributed by atoms with Crippen LogP contribution in [0.5, 0.6) is 0 Å². The molecule has 0 atom stereocenters. The molecule has 100 valence electrons. The van der Waals surface area contributed by atoms with E-state index in [0.717, 1.165) is 42.5 Å². The van der Waals surface area contributed by atoms with Gasteiger partial charge in [0.25, 0.3) is 0 Å². The van der Waals surface area contributed by atoms with Crippen molar-refractivity contribution >= 4 is 17.4 Å². The minimum Gasteiger partial charge on any atom is -0.354 e. The van der Waals surface area contributed by atoms with E-state index in [4.69, 9.17) is 11.6 Å². The van der Waals surface area contributed by atoms with Crippen molar-refractivity contribution in [3.8, 4) is 0 Å². The van der Waals surface area contributed by atoms with Gasteiger partial charge in [0.1, 0.15) is 5.82 Å². The van der Waals surface area contributed by atoms with Crippen LogP contribution in [0.25, 0.3) is 0 Å². The maximum Gasteiger partial charge on any atom is 0.129 e. The molecule has 2 rings (SSSR count). The summed E-state index contributed by atoms with van der Waals surface area (Å²) < 4.78 is 0. The van der Waals surface area contributed by atoms with E-state index in [1.165, 1.54) is 12.8 Å². The van der Waals surface area contributed by atoms with E-state index in [9.17, 15) is 0 Å². The van der Waals surface area contributed by atoms with Gasteiger partial charge in [-0.05, 0) is 37.4 Å². The lowest BCUT2D eigenvalue weighted by Gasteiger charge is -2.23. The largest absolute Gasteiger partial charge is 0.354 e. The maximum absolute atomic E-state index is 6.19. The van der Waals surface area contributed by atoms with Crippen LogP contribution in [0.4, 0.5) is 5.82 Å². The molecular formula is C14H22ClN3. The van der Waals surface area contributed by atoms with Gasteiger partial charge in [0, 0.05) is 25.3 Å². The van der Waals surface area contributed by atoms with Crippen molar-refractivity contribution in [2.75, 3.05) is 18.0 Å². The van der Waals surface area contributed by atoms with Crippen molar-refractivity contribution in [1.29, 1.82) is 0 Å². The summed E-state index contributed by atoms with van der Waals surface area (Å²) in [6, 6.07) is 2.84. The van der Waals surface area contributed by atoms with E-state index < -0.39 is 0 Å². The van der Waals surface area contributed by atoms with Crippen molar-refractivity contribution in [2.45, 2.75) is 45.7 Å². The zero-order chi connectivity index (χ0) is 13.0. The van der Waals surface area contributed by atoms with Gasteiger partial charge in [0.2, 0.25) is 0 Å². The van der Waals surface area contributed by atoms with Crippen LogP contribution < -0.4 is 10.2 Å². The van der Waals surface area contributed by atoms with Crippen LogP contribution >= 0.6 is 11.6 Å². The molecule has 0 unspecified atom stereocenters. The van der Waals surface area contributed by atoms with Crippen LogP contribution in [0.15, 0.2) is 12.3 Å². The number of rotatable bonds is 7. The second-order valence-electron chi connectivity index (χ2n) is 4.84. The normalized spacial score (nSPS) is 14.8. The molecule has 1 saturated carbocycles. The highest BCUT2D eigenvalue weighted by atomic mass is 35.5. The lowest BCUT2D eigenvalue weighted by Crippen LogP contribution is -2.27. The zero-order valence-electron chi connectivity index (χ0n) is 11.2. The lowest BCUT2D eigenvalue weighted by molar-refractivity contribution is 0.719. The van der Waals surface area contributed by atoms with Gasteiger partial charge in [-0.25, -0.2) is 4.98 Å². The highest BCUT2D eigenvalue weighted by Gasteiger charge is 2.29. The van der Waals surface area contributed by atoms with E-state index >= 15 is 0 Å². The molecule has 0 bridgehead atoms. The van der Waals surface area contributed by atoms with Gasteiger partial charge in [0.05, 0.1) is 5.02 Å². The van der Waals surface area contributed by atoms with Crippen molar-refractivity contribution in [2.24, 2.45) is 0 Å². The topological polar surface area (TPSA) is 28.2 Å². The summed E-state index contributed by atoms with van der Waals surface area (Å²) in [5.74, 6) is 1.08. The lowest BCUT2D eigenvalue weighted by atomic mass is 10.2. The Kier molecular flexibility index (Phi) is 4.84. The Morgan fingerprint density at radius 3 is 2.83 bits per heavy atom. The predicted molar refractivity (Wildman–Crippen MR) is 77.3 cm³/mol. The number of anilines is 1. The first-order valence-corrected chi connectivity index (χ1v) is 7.25. The number of nitrogens with zero attached hydrogens (tertiary/aromatic N) is 2. The molecule has 1 heterocycles. The van der Waals surface area contributed by atoms with Gasteiger partial charge in [-0.2, -0.15) is 0 Å². The van der Waals surface area contributed by atoms with Crippen molar-refractivity contribution in [3.05, 3.63) is 22.8 Å². The van der Waals surface area contributed by atoms with Crippen LogP contribution in [0.2, 0.25) is 5.02 Å². The van der Waals surface area contributed by atoms with Crippen LogP contribution in [0.3, 0.4) is 0 Å². The smallest absolute Gasteiger partial charge is 0.129 e. The molecule has 1 aliphatic rings. The van der Waals surface area contributed by atoms with E-state index in [0.29, 0.717) is 6.04 Å². The van der Waals surface area contributed by atoms with E-state index in [1.54, 1.807) is 6.20 Å². The van der Waals surface area contributed by atoms with Crippen molar-refractivity contribution in [3.63, 3.8) is 0 Å². The summed E-state index contributed by atoms with van der Waals surface area (Å²) in [7, 11) is 0. The zero-order valence-corrected chi connectivity index (χ0v) is 12.0. The molecule has 1 fully saturated rings. The molecule has 0 aliphatic heterocycles. The quantitative estimate of drug-likeness (QED) is 0.822. The third kappa shape index (κ3) is 3.36. The highest BCUT2D eigenvalue weighted by molar-refractivity contribution is 6.31. The first-order valence-electron chi connectivity index (χ1n) is 6.88. The summed E-state index contributed by atoms with van der Waals surface area (Å²) >= 11 is 6.19. The first kappa shape index (κ1) is 13.6. The van der Waals surface area contributed by atoms with Crippen LogP contribution in [0, 0.1) is 0 Å². The molecule has 0 saturated heterocycles. The summed E-state index contributed by atoms with van der Waals surface area (Å²) in [6.07, 6.45) is 5.54. The van der Waals surface area contributed by atoms with Gasteiger partial charge >= 0.3 is 0 Å². The summed E-state index contributed by atoms with van der Waals surface area (Å²) in [4.78, 5) is 6.92. The van der Waals surface area contributed by atoms with Crippen LogP contribution in [-0.2, 0) is 6.54 Å². The Morgan fingerprint density at radius 2 is 2.22 bits per heavy atom. The minimum atomic E-state index is 0.700. The summed E-state index contributed by atoms with van der Waals surface area (Å²) in [5, 5.41) is 4.07. The molecule has 1 aromatic rings. The van der Waals surface area contributed by atoms with Crippen LogP contribution in [-0.4, -0.2) is 24.1 Å². The summed E-state index contributed by atoms with van der Waals surface area (Å²) in [6.45, 7) is 7.17. The first-order chi connectivity index (χ1) is 8.76. The Hall–Kier alpha value is -0.800. The van der Waals surface area contributed by atoms with Gasteiger partial charge in [0.15, 0.2) is 0 Å². The fourth-order valence-corrected chi connectivity index (χ4v) is 2.30. The Morgan fingerprint density at radius 1 is 1.44 bits per heavy atom. The maximum atomic E-state index is 6.19. The molecule has 0 aromatic carbocycles. The Bertz CT molecular complexity index is 391. The van der Waals surface area contributed by atoms with Gasteiger partial charge in [-0.3, -0.25) is 0 Å². The number of aromatic nitrogens is 1. The van der Waals surface area contributed by atoms with Gasteiger partial charge < -0.3 is 10.2 Å².